The molecule has 0 aromatic carbocycles. The number of carbonyl (C=O) groups excluding carboxylic acids is 2. The first kappa shape index (κ1) is 21.9. The van der Waals surface area contributed by atoms with Gasteiger partial charge in [-0.2, -0.15) is 0 Å². The van der Waals surface area contributed by atoms with E-state index in [0.717, 1.165) is 19.3 Å². The van der Waals surface area contributed by atoms with Crippen molar-refractivity contribution in [1.82, 2.24) is 10.6 Å². The molecule has 0 saturated heterocycles. The molecule has 0 rings (SSSR count). The number of rotatable bonds is 12. The molecule has 0 radical (unpaired) electrons. The molecule has 7 nitrogen and oxygen atoms in total. The van der Waals surface area contributed by atoms with Gasteiger partial charge < -0.3 is 25.4 Å². The highest BCUT2D eigenvalue weighted by molar-refractivity contribution is 5.77. The lowest BCUT2D eigenvalue weighted by atomic mass is 10.1. The van der Waals surface area contributed by atoms with Crippen LogP contribution in [0.5, 0.6) is 0 Å². The molecule has 0 aromatic rings. The zero-order valence-corrected chi connectivity index (χ0v) is 14.5. The van der Waals surface area contributed by atoms with E-state index in [-0.39, 0.29) is 49.4 Å². The number of amides is 2. The molecule has 7 heteroatoms. The van der Waals surface area contributed by atoms with E-state index < -0.39 is 0 Å². The molecular formula is C17H28N4O3. The van der Waals surface area contributed by atoms with Crippen LogP contribution < -0.4 is 10.6 Å². The van der Waals surface area contributed by atoms with E-state index in [1.165, 1.54) is 0 Å². The summed E-state index contributed by atoms with van der Waals surface area (Å²) < 4.78 is 0. The molecule has 2 amide bonds. The van der Waals surface area contributed by atoms with Gasteiger partial charge in [-0.1, -0.05) is 12.8 Å². The Bertz CT molecular complexity index is 467. The highest BCUT2D eigenvalue weighted by atomic mass is 16.3. The van der Waals surface area contributed by atoms with Gasteiger partial charge in [0.05, 0.1) is 12.6 Å². The van der Waals surface area contributed by atoms with Crippen LogP contribution in [0.1, 0.15) is 52.4 Å². The Balaban J connectivity index is 3.77. The third kappa shape index (κ3) is 11.4. The van der Waals surface area contributed by atoms with Gasteiger partial charge in [-0.25, -0.2) is 13.1 Å². The summed E-state index contributed by atoms with van der Waals surface area (Å²) in [4.78, 5) is 29.7. The van der Waals surface area contributed by atoms with Gasteiger partial charge in [0.2, 0.25) is 23.9 Å². The monoisotopic (exact) mass is 336 g/mol. The summed E-state index contributed by atoms with van der Waals surface area (Å²) in [5, 5.41) is 14.8. The van der Waals surface area contributed by atoms with Crippen molar-refractivity contribution in [2.24, 2.45) is 0 Å². The van der Waals surface area contributed by atoms with E-state index in [9.17, 15) is 14.7 Å². The van der Waals surface area contributed by atoms with Crippen molar-refractivity contribution in [3.8, 4) is 0 Å². The van der Waals surface area contributed by atoms with Crippen LogP contribution in [0.2, 0.25) is 0 Å². The van der Waals surface area contributed by atoms with Gasteiger partial charge in [-0.3, -0.25) is 9.59 Å². The second-order valence-corrected chi connectivity index (χ2v) is 6.01. The summed E-state index contributed by atoms with van der Waals surface area (Å²) in [5.41, 5.74) is 0. The second kappa shape index (κ2) is 13.3. The van der Waals surface area contributed by atoms with E-state index in [2.05, 4.69) is 20.3 Å². The van der Waals surface area contributed by atoms with Gasteiger partial charge in [0.25, 0.3) is 0 Å². The fourth-order valence-electron chi connectivity index (χ4n) is 2.12. The van der Waals surface area contributed by atoms with Gasteiger partial charge in [0, 0.05) is 20.4 Å². The molecule has 24 heavy (non-hydrogen) atoms. The van der Waals surface area contributed by atoms with Crippen molar-refractivity contribution >= 4 is 11.8 Å². The smallest absolute Gasteiger partial charge is 0.229 e. The normalized spacial score (nSPS) is 13.9. The minimum atomic E-state index is -0.349. The molecule has 0 unspecified atom stereocenters. The Morgan fingerprint density at radius 1 is 1.00 bits per heavy atom. The van der Waals surface area contributed by atoms with Crippen LogP contribution in [0.4, 0.5) is 0 Å². The van der Waals surface area contributed by atoms with Crippen molar-refractivity contribution in [3.63, 3.8) is 0 Å². The molecule has 0 aliphatic carbocycles. The van der Waals surface area contributed by atoms with E-state index in [1.54, 1.807) is 13.8 Å². The lowest BCUT2D eigenvalue weighted by Crippen LogP contribution is -2.38. The first-order valence-electron chi connectivity index (χ1n) is 8.33. The maximum Gasteiger partial charge on any atom is 0.229 e. The van der Waals surface area contributed by atoms with Gasteiger partial charge >= 0.3 is 0 Å². The number of carbonyl (C=O) groups is 2. The number of nitrogens with one attached hydrogen (secondary N) is 2. The summed E-state index contributed by atoms with van der Waals surface area (Å²) in [6.45, 7) is 17.5. The standard InChI is InChI=1S/C17H28N4O3/c1-13(18-3)10-16(23)20-9-7-5-6-8-15(12-22)21-17(24)11-14(2)19-4/h13-15,22H,5-12H2,1-2H3,(H,20,23)(H,21,24)/t13-,14-,15-/m0/s1. The zero-order valence-electron chi connectivity index (χ0n) is 14.5. The molecule has 0 spiro atoms. The van der Waals surface area contributed by atoms with Crippen LogP contribution in [-0.4, -0.2) is 48.2 Å². The third-order valence-corrected chi connectivity index (χ3v) is 3.54. The highest BCUT2D eigenvalue weighted by Crippen LogP contribution is 2.05. The third-order valence-electron chi connectivity index (χ3n) is 3.54. The molecule has 0 heterocycles. The maximum atomic E-state index is 11.7. The van der Waals surface area contributed by atoms with Gasteiger partial charge in [0.1, 0.15) is 12.8 Å². The molecule has 0 bridgehead atoms. The van der Waals surface area contributed by atoms with Crippen molar-refractivity contribution in [3.05, 3.63) is 22.8 Å². The molecule has 0 aliphatic rings. The van der Waals surface area contributed by atoms with Crippen molar-refractivity contribution in [2.45, 2.75) is 70.5 Å². The summed E-state index contributed by atoms with van der Waals surface area (Å²) in [5.74, 6) is -0.313. The van der Waals surface area contributed by atoms with Crippen LogP contribution in [0.25, 0.3) is 9.69 Å². The molecule has 0 aromatic heterocycles. The Labute approximate surface area is 144 Å². The largest absolute Gasteiger partial charge is 0.394 e. The first-order valence-corrected chi connectivity index (χ1v) is 8.33. The van der Waals surface area contributed by atoms with Crippen molar-refractivity contribution < 1.29 is 14.7 Å². The van der Waals surface area contributed by atoms with Crippen molar-refractivity contribution in [1.29, 1.82) is 0 Å². The summed E-state index contributed by atoms with van der Waals surface area (Å²) in [6.07, 6.45) is 3.57. The highest BCUT2D eigenvalue weighted by Gasteiger charge is 2.16. The minimum Gasteiger partial charge on any atom is -0.394 e. The van der Waals surface area contributed by atoms with Crippen molar-refractivity contribution in [2.75, 3.05) is 13.2 Å². The number of hydrogen-bond donors (Lipinski definition) is 3. The summed E-state index contributed by atoms with van der Waals surface area (Å²) >= 11 is 0. The van der Waals surface area contributed by atoms with Gasteiger partial charge in [-0.05, 0) is 12.8 Å². The lowest BCUT2D eigenvalue weighted by molar-refractivity contribution is -0.122. The Morgan fingerprint density at radius 3 is 2.12 bits per heavy atom. The molecule has 0 aliphatic heterocycles. The van der Waals surface area contributed by atoms with Crippen LogP contribution in [0.3, 0.4) is 0 Å². The number of nitrogens with zero attached hydrogens (tertiary/aromatic N) is 2. The average molecular weight is 336 g/mol. The predicted molar refractivity (Wildman–Crippen MR) is 91.9 cm³/mol. The van der Waals surface area contributed by atoms with Crippen LogP contribution in [0, 0.1) is 13.1 Å². The minimum absolute atomic E-state index is 0.104. The SMILES string of the molecule is [C-]#[N+][C@@H](C)CC(=O)NCCCCC[C@@H](CO)NC(=O)C[C@H](C)[N+]#[C-]. The second-order valence-electron chi connectivity index (χ2n) is 6.01. The molecule has 3 atom stereocenters. The van der Waals surface area contributed by atoms with E-state index in [0.29, 0.717) is 13.0 Å². The fraction of sp³-hybridized carbons (Fsp3) is 0.765. The number of aliphatic hydroxyl groups is 1. The number of unbranched alkanes of at least 4 members (excludes halogenated alkanes) is 2. The molecule has 0 fully saturated rings. The van der Waals surface area contributed by atoms with Crippen LogP contribution in [0.15, 0.2) is 0 Å². The average Bonchev–Trinajstić information content (AvgIpc) is 2.56. The quantitative estimate of drug-likeness (QED) is 0.373. The summed E-state index contributed by atoms with van der Waals surface area (Å²) in [6, 6.07) is -0.924. The maximum absolute atomic E-state index is 11.7. The molecule has 3 N–H and O–H groups in total. The van der Waals surface area contributed by atoms with E-state index in [4.69, 9.17) is 13.1 Å². The van der Waals surface area contributed by atoms with Gasteiger partial charge in [-0.15, -0.1) is 0 Å². The molecular weight excluding hydrogens is 308 g/mol. The molecule has 134 valence electrons. The Kier molecular flexibility index (Phi) is 12.2. The fourth-order valence-corrected chi connectivity index (χ4v) is 2.12. The predicted octanol–water partition coefficient (Wildman–Crippen LogP) is 1.54. The number of hydrogen-bond acceptors (Lipinski definition) is 3. The summed E-state index contributed by atoms with van der Waals surface area (Å²) in [7, 11) is 0. The van der Waals surface area contributed by atoms with Crippen LogP contribution >= 0.6 is 0 Å². The Morgan fingerprint density at radius 2 is 1.58 bits per heavy atom. The van der Waals surface area contributed by atoms with E-state index >= 15 is 0 Å². The topological polar surface area (TPSA) is 87.1 Å². The lowest BCUT2D eigenvalue weighted by Gasteiger charge is -2.16. The number of aliphatic hydroxyl groups excluding tert-OH is 1. The molecule has 0 saturated carbocycles. The van der Waals surface area contributed by atoms with Gasteiger partial charge in [0.15, 0.2) is 0 Å². The van der Waals surface area contributed by atoms with Crippen LogP contribution in [-0.2, 0) is 9.59 Å². The Hall–Kier alpha value is -2.12. The first-order chi connectivity index (χ1) is 11.4. The van der Waals surface area contributed by atoms with E-state index in [1.807, 2.05) is 0 Å². The zero-order chi connectivity index (χ0) is 18.4.